The van der Waals surface area contributed by atoms with Crippen LogP contribution in [0.3, 0.4) is 0 Å². The average molecular weight is 367 g/mol. The molecule has 0 radical (unpaired) electrons. The Morgan fingerprint density at radius 1 is 1.00 bits per heavy atom. The first kappa shape index (κ1) is 18.5. The lowest BCUT2D eigenvalue weighted by molar-refractivity contribution is -0.129. The van der Waals surface area contributed by atoms with Crippen LogP contribution in [0, 0.1) is 0 Å². The molecule has 0 amide bonds. The Morgan fingerprint density at radius 3 is 2.37 bits per heavy atom. The SMILES string of the molecule is COc1ccc(C2=N/C(=C\c3ccc(OC(C)C)c(OC)c3)C(=O)O2)cc1. The molecule has 2 aromatic rings. The van der Waals surface area contributed by atoms with Crippen molar-refractivity contribution in [2.24, 2.45) is 4.99 Å². The van der Waals surface area contributed by atoms with Gasteiger partial charge in [-0.3, -0.25) is 0 Å². The van der Waals surface area contributed by atoms with Crippen molar-refractivity contribution in [2.45, 2.75) is 20.0 Å². The number of cyclic esters (lactones) is 1. The Labute approximate surface area is 158 Å². The molecule has 1 aliphatic rings. The van der Waals surface area contributed by atoms with E-state index in [1.807, 2.05) is 19.9 Å². The smallest absolute Gasteiger partial charge is 0.363 e. The van der Waals surface area contributed by atoms with Crippen LogP contribution in [0.2, 0.25) is 0 Å². The lowest BCUT2D eigenvalue weighted by Gasteiger charge is -2.13. The maximum atomic E-state index is 12.2. The normalized spacial score (nSPS) is 14.9. The largest absolute Gasteiger partial charge is 0.497 e. The van der Waals surface area contributed by atoms with Crippen LogP contribution in [0.5, 0.6) is 17.2 Å². The maximum Gasteiger partial charge on any atom is 0.363 e. The molecule has 2 aromatic carbocycles. The van der Waals surface area contributed by atoms with Gasteiger partial charge < -0.3 is 18.9 Å². The molecule has 0 atom stereocenters. The Morgan fingerprint density at radius 2 is 1.74 bits per heavy atom. The first-order chi connectivity index (χ1) is 13.0. The number of nitrogens with zero attached hydrogens (tertiary/aromatic N) is 1. The highest BCUT2D eigenvalue weighted by molar-refractivity contribution is 6.12. The fourth-order valence-electron chi connectivity index (χ4n) is 2.55. The third-order valence-electron chi connectivity index (χ3n) is 3.81. The first-order valence-corrected chi connectivity index (χ1v) is 8.52. The van der Waals surface area contributed by atoms with E-state index in [9.17, 15) is 4.79 Å². The number of ether oxygens (including phenoxy) is 4. The summed E-state index contributed by atoms with van der Waals surface area (Å²) >= 11 is 0. The summed E-state index contributed by atoms with van der Waals surface area (Å²) in [4.78, 5) is 16.5. The number of esters is 1. The Hall–Kier alpha value is -3.28. The molecule has 0 saturated carbocycles. The Balaban J connectivity index is 1.87. The van der Waals surface area contributed by atoms with Gasteiger partial charge in [-0.1, -0.05) is 6.07 Å². The highest BCUT2D eigenvalue weighted by Gasteiger charge is 2.24. The fraction of sp³-hybridized carbons (Fsp3) is 0.238. The molecule has 0 aromatic heterocycles. The summed E-state index contributed by atoms with van der Waals surface area (Å²) in [6.45, 7) is 3.89. The molecule has 27 heavy (non-hydrogen) atoms. The fourth-order valence-corrected chi connectivity index (χ4v) is 2.55. The van der Waals surface area contributed by atoms with E-state index in [-0.39, 0.29) is 17.7 Å². The van der Waals surface area contributed by atoms with E-state index >= 15 is 0 Å². The average Bonchev–Trinajstić information content (AvgIpc) is 3.03. The summed E-state index contributed by atoms with van der Waals surface area (Å²) < 4.78 is 21.5. The van der Waals surface area contributed by atoms with Crippen molar-refractivity contribution in [2.75, 3.05) is 14.2 Å². The molecular formula is C21H21NO5. The third-order valence-corrected chi connectivity index (χ3v) is 3.81. The minimum absolute atomic E-state index is 0.0320. The summed E-state index contributed by atoms with van der Waals surface area (Å²) in [5.41, 5.74) is 1.68. The number of hydrogen-bond acceptors (Lipinski definition) is 6. The number of aliphatic imine (C=N–C) groups is 1. The van der Waals surface area contributed by atoms with Crippen molar-refractivity contribution >= 4 is 17.9 Å². The molecule has 0 fully saturated rings. The van der Waals surface area contributed by atoms with Gasteiger partial charge in [-0.05, 0) is 61.9 Å². The van der Waals surface area contributed by atoms with Gasteiger partial charge in [0.2, 0.25) is 5.90 Å². The van der Waals surface area contributed by atoms with Crippen molar-refractivity contribution in [1.82, 2.24) is 0 Å². The van der Waals surface area contributed by atoms with E-state index in [4.69, 9.17) is 18.9 Å². The van der Waals surface area contributed by atoms with E-state index in [1.54, 1.807) is 56.7 Å². The first-order valence-electron chi connectivity index (χ1n) is 8.52. The van der Waals surface area contributed by atoms with Gasteiger partial charge in [-0.15, -0.1) is 0 Å². The van der Waals surface area contributed by atoms with Gasteiger partial charge in [-0.2, -0.15) is 0 Å². The molecule has 0 aliphatic carbocycles. The number of hydrogen-bond donors (Lipinski definition) is 0. The molecule has 1 aliphatic heterocycles. The lowest BCUT2D eigenvalue weighted by atomic mass is 10.1. The van der Waals surface area contributed by atoms with E-state index in [0.29, 0.717) is 17.1 Å². The highest BCUT2D eigenvalue weighted by Crippen LogP contribution is 2.30. The molecule has 0 unspecified atom stereocenters. The molecule has 0 saturated heterocycles. The summed E-state index contributed by atoms with van der Waals surface area (Å²) in [6.07, 6.45) is 1.69. The Bertz CT molecular complexity index is 897. The molecule has 3 rings (SSSR count). The van der Waals surface area contributed by atoms with Crippen LogP contribution in [0.1, 0.15) is 25.0 Å². The van der Waals surface area contributed by atoms with Crippen LogP contribution in [-0.2, 0) is 9.53 Å². The van der Waals surface area contributed by atoms with Crippen molar-refractivity contribution in [1.29, 1.82) is 0 Å². The third kappa shape index (κ3) is 4.28. The van der Waals surface area contributed by atoms with Crippen LogP contribution in [0.4, 0.5) is 0 Å². The molecule has 140 valence electrons. The second kappa shape index (κ2) is 7.95. The molecule has 0 N–H and O–H groups in total. The second-order valence-corrected chi connectivity index (χ2v) is 6.14. The van der Waals surface area contributed by atoms with Gasteiger partial charge in [0.15, 0.2) is 17.2 Å². The number of rotatable bonds is 6. The molecule has 6 nitrogen and oxygen atoms in total. The minimum atomic E-state index is -0.498. The quantitative estimate of drug-likeness (QED) is 0.573. The minimum Gasteiger partial charge on any atom is -0.497 e. The molecule has 1 heterocycles. The van der Waals surface area contributed by atoms with E-state index in [2.05, 4.69) is 4.99 Å². The lowest BCUT2D eigenvalue weighted by Crippen LogP contribution is -2.06. The molecule has 0 spiro atoms. The van der Waals surface area contributed by atoms with Crippen LogP contribution >= 0.6 is 0 Å². The standard InChI is InChI=1S/C21H21NO5/c1-13(2)26-18-10-5-14(12-19(18)25-4)11-17-21(23)27-20(22-17)15-6-8-16(24-3)9-7-15/h5-13H,1-4H3/b17-11-. The number of carbonyl (C=O) groups excluding carboxylic acids is 1. The summed E-state index contributed by atoms with van der Waals surface area (Å²) in [5, 5.41) is 0. The topological polar surface area (TPSA) is 66.3 Å². The summed E-state index contributed by atoms with van der Waals surface area (Å²) in [7, 11) is 3.16. The van der Waals surface area contributed by atoms with Gasteiger partial charge >= 0.3 is 5.97 Å². The van der Waals surface area contributed by atoms with Gasteiger partial charge in [0.05, 0.1) is 20.3 Å². The number of carbonyl (C=O) groups is 1. The van der Waals surface area contributed by atoms with E-state index in [1.165, 1.54) is 0 Å². The zero-order valence-electron chi connectivity index (χ0n) is 15.7. The van der Waals surface area contributed by atoms with Gasteiger partial charge in [0.1, 0.15) is 5.75 Å². The number of benzene rings is 2. The molecular weight excluding hydrogens is 346 g/mol. The van der Waals surface area contributed by atoms with Crippen molar-refractivity contribution < 1.29 is 23.7 Å². The Kier molecular flexibility index (Phi) is 5.45. The number of methoxy groups -OCH3 is 2. The molecule has 6 heteroatoms. The van der Waals surface area contributed by atoms with Crippen molar-refractivity contribution in [3.63, 3.8) is 0 Å². The predicted molar refractivity (Wildman–Crippen MR) is 102 cm³/mol. The van der Waals surface area contributed by atoms with Crippen molar-refractivity contribution in [3.8, 4) is 17.2 Å². The van der Waals surface area contributed by atoms with E-state index < -0.39 is 5.97 Å². The van der Waals surface area contributed by atoms with Crippen LogP contribution < -0.4 is 14.2 Å². The zero-order valence-corrected chi connectivity index (χ0v) is 15.7. The van der Waals surface area contributed by atoms with Crippen LogP contribution in [0.25, 0.3) is 6.08 Å². The van der Waals surface area contributed by atoms with Crippen LogP contribution in [0.15, 0.2) is 53.2 Å². The van der Waals surface area contributed by atoms with Gasteiger partial charge in [-0.25, -0.2) is 9.79 Å². The summed E-state index contributed by atoms with van der Waals surface area (Å²) in [6, 6.07) is 12.6. The second-order valence-electron chi connectivity index (χ2n) is 6.14. The van der Waals surface area contributed by atoms with Crippen LogP contribution in [-0.4, -0.2) is 32.2 Å². The summed E-state index contributed by atoms with van der Waals surface area (Å²) in [5.74, 6) is 1.72. The molecule has 0 bridgehead atoms. The van der Waals surface area contributed by atoms with E-state index in [0.717, 1.165) is 11.3 Å². The maximum absolute atomic E-state index is 12.2. The predicted octanol–water partition coefficient (Wildman–Crippen LogP) is 3.84. The van der Waals surface area contributed by atoms with Crippen molar-refractivity contribution in [3.05, 3.63) is 59.3 Å². The van der Waals surface area contributed by atoms with Gasteiger partial charge in [0, 0.05) is 5.56 Å². The van der Waals surface area contributed by atoms with Gasteiger partial charge in [0.25, 0.3) is 0 Å². The monoisotopic (exact) mass is 367 g/mol. The zero-order chi connectivity index (χ0) is 19.4. The highest BCUT2D eigenvalue weighted by atomic mass is 16.6.